The van der Waals surface area contributed by atoms with E-state index in [-0.39, 0.29) is 0 Å². The molecule has 0 spiro atoms. The molecule has 2 aromatic carbocycles. The van der Waals surface area contributed by atoms with Gasteiger partial charge >= 0.3 is 0 Å². The summed E-state index contributed by atoms with van der Waals surface area (Å²) in [5.74, 6) is 1.66. The number of hydrogen-bond donors (Lipinski definition) is 2. The number of rotatable bonds is 7. The third kappa shape index (κ3) is 3.82. The number of aliphatic hydroxyl groups excluding tert-OH is 1. The van der Waals surface area contributed by atoms with Gasteiger partial charge in [0.1, 0.15) is 17.3 Å². The van der Waals surface area contributed by atoms with Crippen LogP contribution in [0.2, 0.25) is 0 Å². The Morgan fingerprint density at radius 3 is 2.65 bits per heavy atom. The highest BCUT2D eigenvalue weighted by molar-refractivity contribution is 5.90. The van der Waals surface area contributed by atoms with Gasteiger partial charge in [0.25, 0.3) is 0 Å². The second-order valence-electron chi connectivity index (χ2n) is 7.58. The number of fused-ring (bicyclic) bond motifs is 3. The predicted molar refractivity (Wildman–Crippen MR) is 118 cm³/mol. The van der Waals surface area contributed by atoms with Crippen molar-refractivity contribution in [2.24, 2.45) is 0 Å². The van der Waals surface area contributed by atoms with Crippen LogP contribution in [-0.4, -0.2) is 50.7 Å². The van der Waals surface area contributed by atoms with Gasteiger partial charge in [-0.3, -0.25) is 9.38 Å². The van der Waals surface area contributed by atoms with Crippen molar-refractivity contribution in [3.63, 3.8) is 0 Å². The van der Waals surface area contributed by atoms with Gasteiger partial charge in [0.15, 0.2) is 5.65 Å². The first kappa shape index (κ1) is 20.7. The van der Waals surface area contributed by atoms with Gasteiger partial charge in [-0.1, -0.05) is 12.1 Å². The molecule has 0 amide bonds. The lowest BCUT2D eigenvalue weighted by atomic mass is 9.89. The van der Waals surface area contributed by atoms with Crippen LogP contribution in [0.3, 0.4) is 0 Å². The normalized spacial score (nSPS) is 13.3. The fraction of sp³-hybridized carbons (Fsp3) is 0.304. The number of nitrogens with zero attached hydrogens (tertiary/aromatic N) is 4. The third-order valence-corrected chi connectivity index (χ3v) is 5.42. The number of methoxy groups -OCH3 is 2. The predicted octanol–water partition coefficient (Wildman–Crippen LogP) is 3.39. The van der Waals surface area contributed by atoms with Gasteiger partial charge in [-0.25, -0.2) is 0 Å². The maximum atomic E-state index is 10.3. The Morgan fingerprint density at radius 1 is 1.16 bits per heavy atom. The first-order chi connectivity index (χ1) is 14.9. The molecular formula is C23H25N5O3. The largest absolute Gasteiger partial charge is 0.497 e. The van der Waals surface area contributed by atoms with E-state index in [0.717, 1.165) is 28.2 Å². The van der Waals surface area contributed by atoms with Crippen LogP contribution in [0.15, 0.2) is 42.6 Å². The van der Waals surface area contributed by atoms with Crippen molar-refractivity contribution in [3.8, 4) is 11.5 Å². The first-order valence-corrected chi connectivity index (χ1v) is 9.99. The molecule has 2 unspecified atom stereocenters. The van der Waals surface area contributed by atoms with Crippen molar-refractivity contribution >= 4 is 22.4 Å². The Labute approximate surface area is 180 Å². The smallest absolute Gasteiger partial charge is 0.179 e. The molecule has 0 radical (unpaired) electrons. The highest BCUT2D eigenvalue weighted by atomic mass is 16.5. The molecule has 2 aromatic heterocycles. The van der Waals surface area contributed by atoms with Crippen LogP contribution in [0.25, 0.3) is 16.7 Å². The van der Waals surface area contributed by atoms with E-state index in [1.54, 1.807) is 34.3 Å². The second-order valence-corrected chi connectivity index (χ2v) is 7.58. The van der Waals surface area contributed by atoms with Gasteiger partial charge in [-0.2, -0.15) is 0 Å². The van der Waals surface area contributed by atoms with E-state index >= 15 is 0 Å². The Bertz CT molecular complexity index is 1270. The zero-order chi connectivity index (χ0) is 22.1. The van der Waals surface area contributed by atoms with Crippen molar-refractivity contribution < 1.29 is 14.6 Å². The van der Waals surface area contributed by atoms with Crippen LogP contribution in [0, 0.1) is 5.41 Å². The summed E-state index contributed by atoms with van der Waals surface area (Å²) in [6.07, 6.45) is 1.51. The number of hydrogen-bond acceptors (Lipinski definition) is 7. The summed E-state index contributed by atoms with van der Waals surface area (Å²) in [4.78, 5) is 4.54. The molecule has 0 fully saturated rings. The molecule has 4 aromatic rings. The number of benzene rings is 2. The maximum absolute atomic E-state index is 10.3. The summed E-state index contributed by atoms with van der Waals surface area (Å²) in [6.45, 7) is 3.36. The topological polar surface area (TPSA) is 106 Å². The van der Waals surface area contributed by atoms with E-state index in [9.17, 15) is 5.11 Å². The van der Waals surface area contributed by atoms with E-state index < -0.39 is 12.0 Å². The SMILES string of the molecule is COc1cccc(Cc2nnc3cnc4cc(C(C(C)=N)C(C)O)c(OC)cc4n23)c1. The Morgan fingerprint density at radius 2 is 1.97 bits per heavy atom. The average Bonchev–Trinajstić information content (AvgIpc) is 3.16. The fourth-order valence-corrected chi connectivity index (χ4v) is 4.01. The Hall–Kier alpha value is -3.52. The second kappa shape index (κ2) is 8.31. The lowest BCUT2D eigenvalue weighted by molar-refractivity contribution is 0.183. The molecule has 0 aliphatic heterocycles. The zero-order valence-electron chi connectivity index (χ0n) is 18.0. The standard InChI is InChI=1S/C23H25N5O3/c1-13(24)23(14(2)29)17-10-18-19(11-20(17)31-4)28-21(26-27-22(28)12-25-18)9-15-6-5-7-16(8-15)30-3/h5-8,10-12,14,23-24,29H,9H2,1-4H3. The number of nitrogens with one attached hydrogen (secondary N) is 1. The van der Waals surface area contributed by atoms with Crippen LogP contribution < -0.4 is 9.47 Å². The maximum Gasteiger partial charge on any atom is 0.179 e. The van der Waals surface area contributed by atoms with Gasteiger partial charge in [-0.15, -0.1) is 10.2 Å². The minimum Gasteiger partial charge on any atom is -0.497 e. The summed E-state index contributed by atoms with van der Waals surface area (Å²) >= 11 is 0. The quantitative estimate of drug-likeness (QED) is 0.445. The van der Waals surface area contributed by atoms with Crippen LogP contribution in [0.4, 0.5) is 0 Å². The van der Waals surface area contributed by atoms with Crippen LogP contribution in [0.5, 0.6) is 11.5 Å². The summed E-state index contributed by atoms with van der Waals surface area (Å²) < 4.78 is 12.9. The monoisotopic (exact) mass is 419 g/mol. The Balaban J connectivity index is 1.89. The molecular weight excluding hydrogens is 394 g/mol. The highest BCUT2D eigenvalue weighted by Crippen LogP contribution is 2.34. The summed E-state index contributed by atoms with van der Waals surface area (Å²) in [5.41, 5.74) is 4.28. The van der Waals surface area contributed by atoms with Gasteiger partial charge < -0.3 is 20.0 Å². The van der Waals surface area contributed by atoms with E-state index in [1.807, 2.05) is 40.8 Å². The number of ether oxygens (including phenoxy) is 2. The van der Waals surface area contributed by atoms with Crippen LogP contribution in [-0.2, 0) is 6.42 Å². The first-order valence-electron chi connectivity index (χ1n) is 9.99. The van der Waals surface area contributed by atoms with Gasteiger partial charge in [0.2, 0.25) is 0 Å². The van der Waals surface area contributed by atoms with Crippen molar-refractivity contribution in [2.45, 2.75) is 32.3 Å². The molecule has 0 saturated heterocycles. The molecule has 0 aliphatic carbocycles. The third-order valence-electron chi connectivity index (χ3n) is 5.42. The molecule has 160 valence electrons. The molecule has 31 heavy (non-hydrogen) atoms. The molecule has 0 bridgehead atoms. The molecule has 4 rings (SSSR count). The summed E-state index contributed by atoms with van der Waals surface area (Å²) in [5, 5.41) is 27.1. The highest BCUT2D eigenvalue weighted by Gasteiger charge is 2.25. The molecule has 2 atom stereocenters. The summed E-state index contributed by atoms with van der Waals surface area (Å²) in [7, 11) is 3.23. The molecule has 0 aliphatic rings. The minimum absolute atomic E-state index is 0.358. The van der Waals surface area contributed by atoms with Crippen molar-refractivity contribution in [1.29, 1.82) is 5.41 Å². The van der Waals surface area contributed by atoms with Crippen LogP contribution >= 0.6 is 0 Å². The summed E-state index contributed by atoms with van der Waals surface area (Å²) in [6, 6.07) is 11.6. The molecule has 8 heteroatoms. The zero-order valence-corrected chi connectivity index (χ0v) is 18.0. The van der Waals surface area contributed by atoms with Crippen molar-refractivity contribution in [1.82, 2.24) is 19.6 Å². The lowest BCUT2D eigenvalue weighted by Crippen LogP contribution is -2.22. The van der Waals surface area contributed by atoms with Gasteiger partial charge in [0, 0.05) is 23.8 Å². The van der Waals surface area contributed by atoms with E-state index in [4.69, 9.17) is 14.9 Å². The van der Waals surface area contributed by atoms with E-state index in [2.05, 4.69) is 15.2 Å². The average molecular weight is 419 g/mol. The van der Waals surface area contributed by atoms with Crippen molar-refractivity contribution in [3.05, 3.63) is 59.5 Å². The van der Waals surface area contributed by atoms with Crippen LogP contribution in [0.1, 0.15) is 36.7 Å². The number of aliphatic hydroxyl groups is 1. The molecule has 2 N–H and O–H groups in total. The number of aromatic nitrogens is 4. The Kier molecular flexibility index (Phi) is 5.56. The van der Waals surface area contributed by atoms with Crippen molar-refractivity contribution in [2.75, 3.05) is 14.2 Å². The van der Waals surface area contributed by atoms with E-state index in [0.29, 0.717) is 29.0 Å². The van der Waals surface area contributed by atoms with Gasteiger partial charge in [-0.05, 0) is 37.6 Å². The fourth-order valence-electron chi connectivity index (χ4n) is 4.01. The van der Waals surface area contributed by atoms with E-state index in [1.165, 1.54) is 0 Å². The lowest BCUT2D eigenvalue weighted by Gasteiger charge is -2.22. The van der Waals surface area contributed by atoms with Gasteiger partial charge in [0.05, 0.1) is 43.5 Å². The molecule has 8 nitrogen and oxygen atoms in total. The molecule has 2 heterocycles. The minimum atomic E-state index is -0.730. The molecule has 0 saturated carbocycles.